The average molecular weight is 450 g/mol. The summed E-state index contributed by atoms with van der Waals surface area (Å²) in [7, 11) is 0. The van der Waals surface area contributed by atoms with E-state index in [4.69, 9.17) is 16.1 Å². The lowest BCUT2D eigenvalue weighted by Gasteiger charge is -2.17. The lowest BCUT2D eigenvalue weighted by molar-refractivity contribution is 0.308. The molecule has 0 amide bonds. The molecule has 0 bridgehead atoms. The molecular weight excluding hydrogens is 426 g/mol. The highest BCUT2D eigenvalue weighted by atomic mass is 32.1. The molecule has 5 heteroatoms. The molecule has 5 aromatic rings. The molecule has 3 aromatic heterocycles. The van der Waals surface area contributed by atoms with Crippen molar-refractivity contribution in [2.45, 2.75) is 19.6 Å². The van der Waals surface area contributed by atoms with Crippen molar-refractivity contribution in [3.8, 4) is 28.7 Å². The Kier molecular flexibility index (Phi) is 5.84. The Hall–Kier alpha value is -4.01. The Labute approximate surface area is 197 Å². The molecule has 0 spiro atoms. The molecule has 0 aliphatic heterocycles. The predicted octanol–water partition coefficient (Wildman–Crippen LogP) is 6.80. The number of terminal acetylenes is 1. The van der Waals surface area contributed by atoms with Crippen LogP contribution in [0.3, 0.4) is 0 Å². The second-order valence-corrected chi connectivity index (χ2v) is 8.65. The average Bonchev–Trinajstić information content (AvgIpc) is 3.48. The predicted molar refractivity (Wildman–Crippen MR) is 136 cm³/mol. The molecule has 5 rings (SSSR count). The lowest BCUT2D eigenvalue weighted by atomic mass is 10.1. The summed E-state index contributed by atoms with van der Waals surface area (Å²) in [6.07, 6.45) is 7.79. The quantitative estimate of drug-likeness (QED) is 0.278. The Bertz CT molecular complexity index is 1410. The van der Waals surface area contributed by atoms with E-state index in [2.05, 4.69) is 46.8 Å². The minimum atomic E-state index is 0.0768. The van der Waals surface area contributed by atoms with E-state index in [9.17, 15) is 0 Å². The van der Waals surface area contributed by atoms with Crippen LogP contribution in [-0.4, -0.2) is 9.38 Å². The van der Waals surface area contributed by atoms with Crippen molar-refractivity contribution in [3.63, 3.8) is 0 Å². The normalized spacial score (nSPS) is 11.8. The van der Waals surface area contributed by atoms with Crippen molar-refractivity contribution in [1.82, 2.24) is 9.38 Å². The van der Waals surface area contributed by atoms with E-state index in [1.54, 1.807) is 11.3 Å². The maximum Gasteiger partial charge on any atom is 0.182 e. The van der Waals surface area contributed by atoms with Crippen LogP contribution in [0.4, 0.5) is 5.82 Å². The highest BCUT2D eigenvalue weighted by Gasteiger charge is 2.21. The van der Waals surface area contributed by atoms with Crippen molar-refractivity contribution in [1.29, 1.82) is 0 Å². The van der Waals surface area contributed by atoms with Crippen molar-refractivity contribution >= 4 is 22.8 Å². The number of rotatable bonds is 7. The smallest absolute Gasteiger partial charge is 0.182 e. The van der Waals surface area contributed by atoms with Crippen LogP contribution in [0, 0.1) is 12.3 Å². The maximum absolute atomic E-state index is 6.19. The summed E-state index contributed by atoms with van der Waals surface area (Å²) in [6, 6.07) is 26.5. The van der Waals surface area contributed by atoms with Gasteiger partial charge >= 0.3 is 0 Å². The number of aromatic nitrogens is 2. The number of fused-ring (bicyclic) bond motifs is 1. The Morgan fingerprint density at radius 1 is 1.03 bits per heavy atom. The summed E-state index contributed by atoms with van der Waals surface area (Å²) in [5, 5.41) is 5.68. The standard InChI is InChI=1S/C28H23N3OS/c1-3-22-16-18-33-26(22)25-28(29-20(2)23-13-8-5-9-14-23)31-17-10-15-24(27(31)30-25)32-19-21-11-6-4-7-12-21/h1,4-18,20,29H,19H2,2H3. The minimum Gasteiger partial charge on any atom is -0.485 e. The summed E-state index contributed by atoms with van der Waals surface area (Å²) in [5.74, 6) is 4.41. The van der Waals surface area contributed by atoms with Crippen molar-refractivity contribution in [2.24, 2.45) is 0 Å². The number of benzene rings is 2. The van der Waals surface area contributed by atoms with Crippen molar-refractivity contribution in [3.05, 3.63) is 107 Å². The van der Waals surface area contributed by atoms with Gasteiger partial charge in [-0.15, -0.1) is 17.8 Å². The number of ether oxygens (including phenoxy) is 1. The third-order valence-corrected chi connectivity index (χ3v) is 6.46. The Morgan fingerprint density at radius 3 is 2.55 bits per heavy atom. The number of hydrogen-bond donors (Lipinski definition) is 1. The van der Waals surface area contributed by atoms with Gasteiger partial charge in [0, 0.05) is 17.8 Å². The fourth-order valence-corrected chi connectivity index (χ4v) is 4.67. The van der Waals surface area contributed by atoms with Crippen LogP contribution in [0.15, 0.2) is 90.4 Å². The fourth-order valence-electron chi connectivity index (χ4n) is 3.82. The van der Waals surface area contributed by atoms with Gasteiger partial charge in [0.2, 0.25) is 0 Å². The van der Waals surface area contributed by atoms with Gasteiger partial charge in [0.15, 0.2) is 11.4 Å². The van der Waals surface area contributed by atoms with Gasteiger partial charge in [0.05, 0.1) is 4.88 Å². The van der Waals surface area contributed by atoms with E-state index in [0.29, 0.717) is 6.61 Å². The van der Waals surface area contributed by atoms with E-state index >= 15 is 0 Å². The van der Waals surface area contributed by atoms with E-state index < -0.39 is 0 Å². The molecule has 0 radical (unpaired) electrons. The van der Waals surface area contributed by atoms with Gasteiger partial charge < -0.3 is 10.1 Å². The van der Waals surface area contributed by atoms with E-state index in [0.717, 1.165) is 38.9 Å². The molecule has 0 saturated carbocycles. The zero-order valence-corrected chi connectivity index (χ0v) is 19.0. The Balaban J connectivity index is 1.59. The topological polar surface area (TPSA) is 38.6 Å². The van der Waals surface area contributed by atoms with E-state index in [1.807, 2.05) is 66.2 Å². The summed E-state index contributed by atoms with van der Waals surface area (Å²) in [5.41, 5.74) is 4.72. The van der Waals surface area contributed by atoms with Crippen LogP contribution in [0.2, 0.25) is 0 Å². The molecule has 1 N–H and O–H groups in total. The summed E-state index contributed by atoms with van der Waals surface area (Å²) >= 11 is 1.60. The second-order valence-electron chi connectivity index (χ2n) is 7.73. The molecule has 162 valence electrons. The number of thiophene rings is 1. The molecule has 0 aliphatic carbocycles. The first kappa shape index (κ1) is 20.9. The van der Waals surface area contributed by atoms with Crippen LogP contribution < -0.4 is 10.1 Å². The number of pyridine rings is 1. The first-order valence-electron chi connectivity index (χ1n) is 10.8. The van der Waals surface area contributed by atoms with Gasteiger partial charge in [-0.3, -0.25) is 4.40 Å². The number of nitrogens with one attached hydrogen (secondary N) is 1. The maximum atomic E-state index is 6.19. The molecule has 2 aromatic carbocycles. The molecule has 3 heterocycles. The van der Waals surface area contributed by atoms with Crippen LogP contribution in [0.5, 0.6) is 5.75 Å². The minimum absolute atomic E-state index is 0.0768. The van der Waals surface area contributed by atoms with Gasteiger partial charge in [-0.25, -0.2) is 4.98 Å². The zero-order valence-electron chi connectivity index (χ0n) is 18.2. The molecule has 0 fully saturated rings. The van der Waals surface area contributed by atoms with Crippen LogP contribution in [0.25, 0.3) is 16.2 Å². The summed E-state index contributed by atoms with van der Waals surface area (Å²) in [6.45, 7) is 2.62. The largest absolute Gasteiger partial charge is 0.485 e. The highest BCUT2D eigenvalue weighted by molar-refractivity contribution is 7.13. The van der Waals surface area contributed by atoms with Gasteiger partial charge in [-0.05, 0) is 41.6 Å². The molecule has 0 saturated heterocycles. The highest BCUT2D eigenvalue weighted by Crippen LogP contribution is 2.38. The van der Waals surface area contributed by atoms with E-state index in [-0.39, 0.29) is 6.04 Å². The summed E-state index contributed by atoms with van der Waals surface area (Å²) in [4.78, 5) is 5.98. The molecule has 33 heavy (non-hydrogen) atoms. The molecule has 0 aliphatic rings. The van der Waals surface area contributed by atoms with Crippen LogP contribution >= 0.6 is 11.3 Å². The third kappa shape index (κ3) is 4.21. The number of nitrogens with zero attached hydrogens (tertiary/aromatic N) is 2. The lowest BCUT2D eigenvalue weighted by Crippen LogP contribution is -2.09. The number of anilines is 1. The SMILES string of the molecule is C#Cc1ccsc1-c1nc2c(OCc3ccccc3)cccn2c1NC(C)c1ccccc1. The first-order valence-corrected chi connectivity index (χ1v) is 11.7. The molecule has 1 unspecified atom stereocenters. The summed E-state index contributed by atoms with van der Waals surface area (Å²) < 4.78 is 8.24. The van der Waals surface area contributed by atoms with E-state index in [1.165, 1.54) is 5.56 Å². The fraction of sp³-hybridized carbons (Fsp3) is 0.107. The molecule has 1 atom stereocenters. The Morgan fingerprint density at radius 2 is 1.79 bits per heavy atom. The zero-order chi connectivity index (χ0) is 22.6. The van der Waals surface area contributed by atoms with Crippen LogP contribution in [0.1, 0.15) is 29.7 Å². The third-order valence-electron chi connectivity index (χ3n) is 5.54. The van der Waals surface area contributed by atoms with Gasteiger partial charge in [-0.2, -0.15) is 0 Å². The first-order chi connectivity index (χ1) is 16.2. The molecular formula is C28H23N3OS. The van der Waals surface area contributed by atoms with Crippen molar-refractivity contribution < 1.29 is 4.74 Å². The van der Waals surface area contributed by atoms with Crippen molar-refractivity contribution in [2.75, 3.05) is 5.32 Å². The molecule has 4 nitrogen and oxygen atoms in total. The van der Waals surface area contributed by atoms with Crippen LogP contribution in [-0.2, 0) is 6.61 Å². The van der Waals surface area contributed by atoms with Gasteiger partial charge in [0.1, 0.15) is 18.1 Å². The monoisotopic (exact) mass is 449 g/mol. The second kappa shape index (κ2) is 9.23. The number of imidazole rings is 1. The van der Waals surface area contributed by atoms with Gasteiger partial charge in [-0.1, -0.05) is 66.6 Å². The number of hydrogen-bond acceptors (Lipinski definition) is 4. The van der Waals surface area contributed by atoms with Gasteiger partial charge in [0.25, 0.3) is 0 Å².